The summed E-state index contributed by atoms with van der Waals surface area (Å²) < 4.78 is 5.63. The zero-order valence-corrected chi connectivity index (χ0v) is 11.6. The van der Waals surface area contributed by atoms with E-state index in [0.29, 0.717) is 19.7 Å². The molecule has 2 rings (SSSR count). The fourth-order valence-corrected chi connectivity index (χ4v) is 1.97. The molecule has 0 bridgehead atoms. The Kier molecular flexibility index (Phi) is 4.85. The maximum Gasteiger partial charge on any atom is 0.319 e. The number of rotatable bonds is 4. The predicted molar refractivity (Wildman–Crippen MR) is 77.5 cm³/mol. The van der Waals surface area contributed by atoms with Crippen molar-refractivity contribution >= 4 is 6.03 Å². The van der Waals surface area contributed by atoms with Crippen molar-refractivity contribution in [3.8, 4) is 17.6 Å². The number of nitrogens with two attached hydrogens (primary N) is 1. The second-order valence-corrected chi connectivity index (χ2v) is 4.57. The molecule has 0 spiro atoms. The summed E-state index contributed by atoms with van der Waals surface area (Å²) in [4.78, 5) is 15.2. The molecule has 2 N–H and O–H groups in total. The smallest absolute Gasteiger partial charge is 0.319 e. The van der Waals surface area contributed by atoms with E-state index in [4.69, 9.17) is 10.5 Å². The first-order valence-corrected chi connectivity index (χ1v) is 6.62. The number of carbonyl (C=O) groups excluding carboxylic acids is 1. The number of likely N-dealkylation sites (N-methyl/N-ethyl adjacent to an activating group) is 1. The average molecular weight is 273 g/mol. The van der Waals surface area contributed by atoms with E-state index in [0.717, 1.165) is 24.4 Å². The van der Waals surface area contributed by atoms with Crippen LogP contribution in [0.4, 0.5) is 4.79 Å². The molecule has 0 aromatic heterocycles. The van der Waals surface area contributed by atoms with Crippen molar-refractivity contribution in [3.63, 3.8) is 0 Å². The van der Waals surface area contributed by atoms with E-state index < -0.39 is 0 Å². The maximum absolute atomic E-state index is 11.7. The number of hydrogen-bond donors (Lipinski definition) is 1. The number of amides is 2. The van der Waals surface area contributed by atoms with Gasteiger partial charge in [0.15, 0.2) is 0 Å². The van der Waals surface area contributed by atoms with Crippen LogP contribution in [0.1, 0.15) is 5.56 Å². The lowest BCUT2D eigenvalue weighted by Crippen LogP contribution is -2.32. The van der Waals surface area contributed by atoms with Crippen LogP contribution in [0.5, 0.6) is 5.75 Å². The summed E-state index contributed by atoms with van der Waals surface area (Å²) in [5, 5.41) is 0. The number of nitrogens with zero attached hydrogens (tertiary/aromatic N) is 2. The third-order valence-corrected chi connectivity index (χ3v) is 3.12. The molecule has 5 nitrogen and oxygen atoms in total. The molecule has 1 aromatic carbocycles. The van der Waals surface area contributed by atoms with Crippen LogP contribution >= 0.6 is 0 Å². The first kappa shape index (κ1) is 14.2. The van der Waals surface area contributed by atoms with Crippen LogP contribution < -0.4 is 10.5 Å². The Balaban J connectivity index is 1.78. The highest BCUT2D eigenvalue weighted by Crippen LogP contribution is 2.12. The number of urea groups is 1. The Labute approximate surface area is 119 Å². The third kappa shape index (κ3) is 3.65. The Hall–Kier alpha value is -2.19. The lowest BCUT2D eigenvalue weighted by Gasteiger charge is -2.16. The number of hydrogen-bond acceptors (Lipinski definition) is 3. The molecule has 1 fully saturated rings. The summed E-state index contributed by atoms with van der Waals surface area (Å²) in [6, 6.07) is 7.61. The van der Waals surface area contributed by atoms with Gasteiger partial charge < -0.3 is 20.3 Å². The molecule has 0 unspecified atom stereocenters. The van der Waals surface area contributed by atoms with Crippen LogP contribution in [0.3, 0.4) is 0 Å². The second-order valence-electron chi connectivity index (χ2n) is 4.57. The SMILES string of the molecule is CN1CCN(CCOc2ccc(C#CCN)cc2)C1=O. The van der Waals surface area contributed by atoms with Gasteiger partial charge in [-0.2, -0.15) is 0 Å². The summed E-state index contributed by atoms with van der Waals surface area (Å²) in [7, 11) is 1.81. The molecule has 1 saturated heterocycles. The zero-order valence-electron chi connectivity index (χ0n) is 11.6. The van der Waals surface area contributed by atoms with E-state index >= 15 is 0 Å². The lowest BCUT2D eigenvalue weighted by atomic mass is 10.2. The summed E-state index contributed by atoms with van der Waals surface area (Å²) in [5.41, 5.74) is 6.23. The van der Waals surface area contributed by atoms with Gasteiger partial charge in [0.05, 0.1) is 13.1 Å². The van der Waals surface area contributed by atoms with Crippen LogP contribution in [-0.2, 0) is 0 Å². The van der Waals surface area contributed by atoms with Gasteiger partial charge in [-0.15, -0.1) is 0 Å². The average Bonchev–Trinajstić information content (AvgIpc) is 2.78. The van der Waals surface area contributed by atoms with Crippen molar-refractivity contribution in [2.24, 2.45) is 5.73 Å². The normalized spacial score (nSPS) is 14.2. The molecule has 1 heterocycles. The molecule has 1 aromatic rings. The molecule has 106 valence electrons. The minimum atomic E-state index is 0.0704. The van der Waals surface area contributed by atoms with E-state index in [9.17, 15) is 4.79 Å². The van der Waals surface area contributed by atoms with Crippen molar-refractivity contribution in [2.45, 2.75) is 0 Å². The fraction of sp³-hybridized carbons (Fsp3) is 0.400. The molecule has 20 heavy (non-hydrogen) atoms. The second kappa shape index (κ2) is 6.83. The van der Waals surface area contributed by atoms with Gasteiger partial charge in [0, 0.05) is 25.7 Å². The van der Waals surface area contributed by atoms with Crippen molar-refractivity contribution in [1.82, 2.24) is 9.80 Å². The highest BCUT2D eigenvalue weighted by Gasteiger charge is 2.24. The fourth-order valence-electron chi connectivity index (χ4n) is 1.97. The van der Waals surface area contributed by atoms with Crippen molar-refractivity contribution in [2.75, 3.05) is 39.8 Å². The molecular formula is C15H19N3O2. The Morgan fingerprint density at radius 2 is 2.05 bits per heavy atom. The highest BCUT2D eigenvalue weighted by atomic mass is 16.5. The highest BCUT2D eigenvalue weighted by molar-refractivity contribution is 5.76. The molecule has 1 aliphatic rings. The molecule has 0 saturated carbocycles. The first-order chi connectivity index (χ1) is 9.70. The number of carbonyl (C=O) groups is 1. The zero-order chi connectivity index (χ0) is 14.4. The van der Waals surface area contributed by atoms with Crippen LogP contribution in [0, 0.1) is 11.8 Å². The Bertz CT molecular complexity index is 516. The Morgan fingerprint density at radius 3 is 2.65 bits per heavy atom. The van der Waals surface area contributed by atoms with Crippen LogP contribution in [0.15, 0.2) is 24.3 Å². The van der Waals surface area contributed by atoms with E-state index in [2.05, 4.69) is 11.8 Å². The maximum atomic E-state index is 11.7. The summed E-state index contributed by atoms with van der Waals surface area (Å²) in [5.74, 6) is 6.54. The topological polar surface area (TPSA) is 58.8 Å². The molecule has 2 amide bonds. The van der Waals surface area contributed by atoms with Crippen LogP contribution in [0.2, 0.25) is 0 Å². The van der Waals surface area contributed by atoms with Crippen LogP contribution in [0.25, 0.3) is 0 Å². The largest absolute Gasteiger partial charge is 0.492 e. The third-order valence-electron chi connectivity index (χ3n) is 3.12. The van der Waals surface area contributed by atoms with Gasteiger partial charge >= 0.3 is 6.03 Å². The monoisotopic (exact) mass is 273 g/mol. The number of ether oxygens (including phenoxy) is 1. The Morgan fingerprint density at radius 1 is 1.30 bits per heavy atom. The van der Waals surface area contributed by atoms with Gasteiger partial charge in [-0.3, -0.25) is 0 Å². The standard InChI is InChI=1S/C15H19N3O2/c1-17-9-10-18(15(17)19)11-12-20-14-6-4-13(5-7-14)3-2-8-16/h4-7H,8-12,16H2,1H3. The minimum Gasteiger partial charge on any atom is -0.492 e. The van der Waals surface area contributed by atoms with Gasteiger partial charge in [-0.25, -0.2) is 4.79 Å². The minimum absolute atomic E-state index is 0.0704. The lowest BCUT2D eigenvalue weighted by molar-refractivity contribution is 0.188. The van der Waals surface area contributed by atoms with Gasteiger partial charge in [0.25, 0.3) is 0 Å². The van der Waals surface area contributed by atoms with E-state index in [1.54, 1.807) is 9.80 Å². The van der Waals surface area contributed by atoms with Gasteiger partial charge in [0.2, 0.25) is 0 Å². The van der Waals surface area contributed by atoms with E-state index in [-0.39, 0.29) is 6.03 Å². The van der Waals surface area contributed by atoms with Crippen molar-refractivity contribution in [1.29, 1.82) is 0 Å². The van der Waals surface area contributed by atoms with Crippen LogP contribution in [-0.4, -0.2) is 55.7 Å². The van der Waals surface area contributed by atoms with Gasteiger partial charge in [-0.05, 0) is 24.3 Å². The van der Waals surface area contributed by atoms with Gasteiger partial charge in [-0.1, -0.05) is 11.8 Å². The molecular weight excluding hydrogens is 254 g/mol. The molecule has 0 aliphatic carbocycles. The van der Waals surface area contributed by atoms with Crippen molar-refractivity contribution < 1.29 is 9.53 Å². The quantitative estimate of drug-likeness (QED) is 0.823. The molecule has 1 aliphatic heterocycles. The van der Waals surface area contributed by atoms with Crippen molar-refractivity contribution in [3.05, 3.63) is 29.8 Å². The predicted octanol–water partition coefficient (Wildman–Crippen LogP) is 0.743. The summed E-state index contributed by atoms with van der Waals surface area (Å²) in [6.07, 6.45) is 0. The van der Waals surface area contributed by atoms with Gasteiger partial charge in [0.1, 0.15) is 12.4 Å². The number of benzene rings is 1. The molecule has 0 atom stereocenters. The first-order valence-electron chi connectivity index (χ1n) is 6.62. The molecule has 0 radical (unpaired) electrons. The van der Waals surface area contributed by atoms with E-state index in [1.807, 2.05) is 31.3 Å². The summed E-state index contributed by atoms with van der Waals surface area (Å²) in [6.45, 7) is 3.02. The molecule has 5 heteroatoms. The van der Waals surface area contributed by atoms with E-state index in [1.165, 1.54) is 0 Å². The summed E-state index contributed by atoms with van der Waals surface area (Å²) >= 11 is 0.